The molecule has 0 saturated carbocycles. The maximum Gasteiger partial charge on any atom is 0.123 e. The van der Waals surface area contributed by atoms with Gasteiger partial charge in [-0.3, -0.25) is 0 Å². The maximum absolute atomic E-state index is 13.6. The molecule has 55 heavy (non-hydrogen) atoms. The molecule has 0 radical (unpaired) electrons. The van der Waals surface area contributed by atoms with Crippen molar-refractivity contribution >= 4 is 27.8 Å². The molecule has 0 unspecified atom stereocenters. The van der Waals surface area contributed by atoms with Crippen LogP contribution < -0.4 is 4.90 Å². The Labute approximate surface area is 321 Å². The molecule has 1 nitrogen and oxygen atoms in total. The molecular formula is C53H36FN. The minimum Gasteiger partial charge on any atom is -0.311 e. The van der Waals surface area contributed by atoms with Crippen LogP contribution in [0.15, 0.2) is 218 Å². The summed E-state index contributed by atoms with van der Waals surface area (Å²) < 4.78 is 13.6. The fourth-order valence-electron chi connectivity index (χ4n) is 8.71. The molecule has 1 aliphatic rings. The van der Waals surface area contributed by atoms with Crippen LogP contribution >= 0.6 is 0 Å². The van der Waals surface area contributed by atoms with Gasteiger partial charge in [0, 0.05) is 17.1 Å². The van der Waals surface area contributed by atoms with Crippen LogP contribution in [0.25, 0.3) is 44.2 Å². The van der Waals surface area contributed by atoms with Gasteiger partial charge in [0.25, 0.3) is 0 Å². The second-order valence-electron chi connectivity index (χ2n) is 14.2. The van der Waals surface area contributed by atoms with Crippen molar-refractivity contribution in [1.29, 1.82) is 0 Å². The normalized spacial score (nSPS) is 12.6. The second-order valence-corrected chi connectivity index (χ2v) is 14.2. The van der Waals surface area contributed by atoms with E-state index in [-0.39, 0.29) is 5.82 Å². The highest BCUT2D eigenvalue weighted by Gasteiger charge is 2.46. The molecule has 9 aromatic carbocycles. The first-order valence-corrected chi connectivity index (χ1v) is 18.8. The SMILES string of the molecule is Fc1ccc(-c2ccc(N(c3ccccc3)c3ccc(-c4ccc5c(c4)C(c4ccccc4)(c4ccccc4)c4ccc6ccccc6c4-5)cc3)cc2)cc1. The van der Waals surface area contributed by atoms with Gasteiger partial charge in [-0.2, -0.15) is 0 Å². The summed E-state index contributed by atoms with van der Waals surface area (Å²) in [6, 6.07) is 77.0. The molecule has 260 valence electrons. The van der Waals surface area contributed by atoms with Crippen molar-refractivity contribution < 1.29 is 4.39 Å². The zero-order valence-corrected chi connectivity index (χ0v) is 30.1. The average Bonchev–Trinajstić information content (AvgIpc) is 3.56. The molecule has 0 saturated heterocycles. The number of anilines is 3. The lowest BCUT2D eigenvalue weighted by atomic mass is 9.67. The van der Waals surface area contributed by atoms with Gasteiger partial charge in [-0.1, -0.05) is 164 Å². The fourth-order valence-corrected chi connectivity index (χ4v) is 8.71. The highest BCUT2D eigenvalue weighted by atomic mass is 19.1. The van der Waals surface area contributed by atoms with E-state index in [0.717, 1.165) is 33.8 Å². The number of hydrogen-bond acceptors (Lipinski definition) is 1. The van der Waals surface area contributed by atoms with Gasteiger partial charge in [-0.05, 0) is 121 Å². The maximum atomic E-state index is 13.6. The Balaban J connectivity index is 1.10. The average molecular weight is 706 g/mol. The molecule has 0 heterocycles. The number of benzene rings is 9. The predicted octanol–water partition coefficient (Wildman–Crippen LogP) is 14.1. The van der Waals surface area contributed by atoms with Crippen LogP contribution in [0.3, 0.4) is 0 Å². The van der Waals surface area contributed by atoms with Gasteiger partial charge in [0.2, 0.25) is 0 Å². The van der Waals surface area contributed by atoms with Crippen molar-refractivity contribution in [2.45, 2.75) is 5.41 Å². The Morgan fingerprint density at radius 2 is 0.836 bits per heavy atom. The van der Waals surface area contributed by atoms with E-state index in [0.29, 0.717) is 0 Å². The number of rotatable bonds is 7. The topological polar surface area (TPSA) is 3.24 Å². The Bertz CT molecular complexity index is 2740. The number of fused-ring (bicyclic) bond motifs is 5. The molecule has 10 rings (SSSR count). The van der Waals surface area contributed by atoms with Crippen LogP contribution in [0.1, 0.15) is 22.3 Å². The molecule has 2 heteroatoms. The summed E-state index contributed by atoms with van der Waals surface area (Å²) in [6.07, 6.45) is 0. The van der Waals surface area contributed by atoms with Crippen molar-refractivity contribution in [2.75, 3.05) is 4.90 Å². The van der Waals surface area contributed by atoms with Crippen molar-refractivity contribution in [3.63, 3.8) is 0 Å². The Morgan fingerprint density at radius 1 is 0.364 bits per heavy atom. The van der Waals surface area contributed by atoms with Gasteiger partial charge in [0.1, 0.15) is 5.82 Å². The zero-order valence-electron chi connectivity index (χ0n) is 30.1. The standard InChI is InChI=1S/C53H36FN/c54-44-28-20-37(21-29-44)38-22-30-46(31-23-38)55(45-17-8-3-9-18-45)47-32-24-39(25-33-47)41-26-34-49-51(36-41)53(42-13-4-1-5-14-42,43-15-6-2-7-16-43)50-35-27-40-12-10-11-19-48(40)52(49)50/h1-36H. The van der Waals surface area contributed by atoms with E-state index >= 15 is 0 Å². The van der Waals surface area contributed by atoms with Gasteiger partial charge < -0.3 is 4.90 Å². The molecule has 0 aliphatic heterocycles. The quantitative estimate of drug-likeness (QED) is 0.160. The molecule has 0 spiro atoms. The first-order chi connectivity index (χ1) is 27.2. The predicted molar refractivity (Wildman–Crippen MR) is 227 cm³/mol. The smallest absolute Gasteiger partial charge is 0.123 e. The summed E-state index contributed by atoms with van der Waals surface area (Å²) >= 11 is 0. The highest BCUT2D eigenvalue weighted by molar-refractivity contribution is 6.04. The van der Waals surface area contributed by atoms with Gasteiger partial charge >= 0.3 is 0 Å². The lowest BCUT2D eigenvalue weighted by molar-refractivity contribution is 0.628. The lowest BCUT2D eigenvalue weighted by Crippen LogP contribution is -2.28. The van der Waals surface area contributed by atoms with E-state index in [4.69, 9.17) is 0 Å². The van der Waals surface area contributed by atoms with E-state index in [1.807, 2.05) is 18.2 Å². The highest BCUT2D eigenvalue weighted by Crippen LogP contribution is 2.58. The third-order valence-electron chi connectivity index (χ3n) is 11.2. The fraction of sp³-hybridized carbons (Fsp3) is 0.0189. The number of nitrogens with zero attached hydrogens (tertiary/aromatic N) is 1. The minimum atomic E-state index is -0.489. The van der Waals surface area contributed by atoms with Crippen molar-refractivity contribution in [3.05, 3.63) is 246 Å². The summed E-state index contributed by atoms with van der Waals surface area (Å²) in [6.45, 7) is 0. The van der Waals surface area contributed by atoms with Gasteiger partial charge in [0.15, 0.2) is 0 Å². The van der Waals surface area contributed by atoms with Crippen LogP contribution in [-0.2, 0) is 5.41 Å². The van der Waals surface area contributed by atoms with Gasteiger partial charge in [-0.15, -0.1) is 0 Å². The largest absolute Gasteiger partial charge is 0.311 e. The summed E-state index contributed by atoms with van der Waals surface area (Å²) in [4.78, 5) is 2.28. The van der Waals surface area contributed by atoms with E-state index < -0.39 is 5.41 Å². The van der Waals surface area contributed by atoms with Crippen LogP contribution in [0.5, 0.6) is 0 Å². The lowest BCUT2D eigenvalue weighted by Gasteiger charge is -2.34. The summed E-state index contributed by atoms with van der Waals surface area (Å²) in [5.41, 5.74) is 14.8. The van der Waals surface area contributed by atoms with E-state index in [9.17, 15) is 4.39 Å². The molecule has 0 atom stereocenters. The van der Waals surface area contributed by atoms with Crippen molar-refractivity contribution in [2.24, 2.45) is 0 Å². The zero-order chi connectivity index (χ0) is 36.8. The van der Waals surface area contributed by atoms with Gasteiger partial charge in [0.05, 0.1) is 5.41 Å². The Hall–Kier alpha value is -7.03. The summed E-state index contributed by atoms with van der Waals surface area (Å²) in [5, 5.41) is 2.52. The summed E-state index contributed by atoms with van der Waals surface area (Å²) in [5.74, 6) is -0.232. The molecule has 0 bridgehead atoms. The van der Waals surface area contributed by atoms with Gasteiger partial charge in [-0.25, -0.2) is 4.39 Å². The van der Waals surface area contributed by atoms with E-state index in [1.54, 1.807) is 0 Å². The third-order valence-corrected chi connectivity index (χ3v) is 11.2. The molecule has 9 aromatic rings. The summed E-state index contributed by atoms with van der Waals surface area (Å²) in [7, 11) is 0. The molecule has 0 aromatic heterocycles. The van der Waals surface area contributed by atoms with Crippen LogP contribution in [0.2, 0.25) is 0 Å². The monoisotopic (exact) mass is 705 g/mol. The van der Waals surface area contributed by atoms with Crippen LogP contribution in [0, 0.1) is 5.82 Å². The molecule has 1 aliphatic carbocycles. The molecule has 0 N–H and O–H groups in total. The minimum absolute atomic E-state index is 0.232. The molecule has 0 amide bonds. The first-order valence-electron chi connectivity index (χ1n) is 18.8. The Kier molecular flexibility index (Phi) is 7.96. The third kappa shape index (κ3) is 5.45. The van der Waals surface area contributed by atoms with Crippen molar-refractivity contribution in [3.8, 4) is 33.4 Å². The second kappa shape index (κ2) is 13.4. The van der Waals surface area contributed by atoms with E-state index in [2.05, 4.69) is 193 Å². The van der Waals surface area contributed by atoms with Crippen LogP contribution in [-0.4, -0.2) is 0 Å². The molecule has 0 fully saturated rings. The number of para-hydroxylation sites is 1. The first kappa shape index (κ1) is 32.6. The number of halogens is 1. The Morgan fingerprint density at radius 3 is 1.44 bits per heavy atom. The van der Waals surface area contributed by atoms with E-state index in [1.165, 1.54) is 61.8 Å². The number of hydrogen-bond donors (Lipinski definition) is 0. The van der Waals surface area contributed by atoms with Crippen molar-refractivity contribution in [1.82, 2.24) is 0 Å². The molecular weight excluding hydrogens is 670 g/mol. The van der Waals surface area contributed by atoms with Crippen LogP contribution in [0.4, 0.5) is 21.5 Å².